The van der Waals surface area contributed by atoms with Crippen molar-refractivity contribution < 1.29 is 8.83 Å². The lowest BCUT2D eigenvalue weighted by Gasteiger charge is -2.15. The van der Waals surface area contributed by atoms with Crippen LogP contribution in [-0.2, 0) is 6.42 Å². The summed E-state index contributed by atoms with van der Waals surface area (Å²) < 4.78 is 11.3. The van der Waals surface area contributed by atoms with E-state index in [2.05, 4.69) is 117 Å². The number of fused-ring (bicyclic) bond motifs is 3. The number of anilines is 2. The molecule has 0 spiro atoms. The molecule has 0 bridgehead atoms. The number of nitrogen functional groups attached to an aromatic ring is 1. The first-order chi connectivity index (χ1) is 26.9. The van der Waals surface area contributed by atoms with E-state index in [-0.39, 0.29) is 0 Å². The van der Waals surface area contributed by atoms with Crippen LogP contribution < -0.4 is 21.7 Å². The number of hydrogen-bond donors (Lipinski definition) is 2. The lowest BCUT2D eigenvalue weighted by Crippen LogP contribution is -2.20. The summed E-state index contributed by atoms with van der Waals surface area (Å²) in [5.41, 5.74) is 17.8. The van der Waals surface area contributed by atoms with Gasteiger partial charge >= 0.3 is 0 Å². The zero-order valence-electron chi connectivity index (χ0n) is 32.1. The largest absolute Gasteiger partial charge is 0.465 e. The molecule has 4 nitrogen and oxygen atoms in total. The van der Waals surface area contributed by atoms with Gasteiger partial charge in [0.1, 0.15) is 16.6 Å². The van der Waals surface area contributed by atoms with Gasteiger partial charge in [-0.05, 0) is 96.5 Å². The molecule has 0 atom stereocenters. The Morgan fingerprint density at radius 2 is 1.62 bits per heavy atom. The van der Waals surface area contributed by atoms with Gasteiger partial charge in [-0.25, -0.2) is 0 Å². The number of para-hydroxylation sites is 1. The number of benzene rings is 4. The molecule has 0 unspecified atom stereocenters. The average Bonchev–Trinajstić information content (AvgIpc) is 3.76. The van der Waals surface area contributed by atoms with Crippen LogP contribution >= 0.6 is 0 Å². The Bertz CT molecular complexity index is 2560. The van der Waals surface area contributed by atoms with Gasteiger partial charge in [-0.2, -0.15) is 0 Å². The van der Waals surface area contributed by atoms with Crippen LogP contribution in [-0.4, -0.2) is 7.05 Å². The van der Waals surface area contributed by atoms with E-state index in [9.17, 15) is 0 Å². The van der Waals surface area contributed by atoms with Gasteiger partial charge < -0.3 is 19.9 Å². The molecule has 0 saturated carbocycles. The van der Waals surface area contributed by atoms with Gasteiger partial charge in [0, 0.05) is 40.0 Å². The van der Waals surface area contributed by atoms with Crippen LogP contribution in [0.3, 0.4) is 0 Å². The van der Waals surface area contributed by atoms with Crippen molar-refractivity contribution in [3.8, 4) is 11.1 Å². The monoisotopic (exact) mass is 722 g/mol. The SMILES string of the molecule is C=C/C=C\C=C/C(=C)/C=C\C(=C/C)c1ccc(NC)c(-c2ccccc2/C=C\C=c2\c(CC/C=C\C)coc2=C)c1.Nc1ccc2oc3ccccc3c2c1. The van der Waals surface area contributed by atoms with Gasteiger partial charge in [-0.1, -0.05) is 147 Å². The van der Waals surface area contributed by atoms with E-state index < -0.39 is 0 Å². The third-order valence-corrected chi connectivity index (χ3v) is 9.08. The number of allylic oxidation sites excluding steroid dienone is 13. The Morgan fingerprint density at radius 3 is 2.42 bits per heavy atom. The van der Waals surface area contributed by atoms with Crippen molar-refractivity contribution in [1.82, 2.24) is 0 Å². The van der Waals surface area contributed by atoms with Gasteiger partial charge in [0.15, 0.2) is 0 Å². The number of furan rings is 2. The normalized spacial score (nSPS) is 12.6. The smallest absolute Gasteiger partial charge is 0.135 e. The van der Waals surface area contributed by atoms with E-state index in [0.29, 0.717) is 5.42 Å². The summed E-state index contributed by atoms with van der Waals surface area (Å²) in [7, 11) is 1.96. The van der Waals surface area contributed by atoms with Crippen LogP contribution in [0.4, 0.5) is 11.4 Å². The number of nitrogens with one attached hydrogen (secondary N) is 1. The third-order valence-electron chi connectivity index (χ3n) is 9.08. The molecule has 55 heavy (non-hydrogen) atoms. The van der Waals surface area contributed by atoms with Gasteiger partial charge in [0.2, 0.25) is 0 Å². The highest BCUT2D eigenvalue weighted by atomic mass is 16.3. The molecule has 0 aliphatic carbocycles. The van der Waals surface area contributed by atoms with Crippen LogP contribution in [0.1, 0.15) is 37.0 Å². The van der Waals surface area contributed by atoms with E-state index in [1.165, 1.54) is 5.56 Å². The molecule has 0 fully saturated rings. The molecule has 2 aromatic heterocycles. The maximum Gasteiger partial charge on any atom is 0.135 e. The van der Waals surface area contributed by atoms with E-state index in [4.69, 9.17) is 14.6 Å². The molecule has 4 aromatic carbocycles. The summed E-state index contributed by atoms with van der Waals surface area (Å²) in [6.45, 7) is 16.0. The topological polar surface area (TPSA) is 64.3 Å². The van der Waals surface area contributed by atoms with Crippen LogP contribution in [0.25, 0.3) is 57.4 Å². The molecule has 0 radical (unpaired) electrons. The van der Waals surface area contributed by atoms with Crippen LogP contribution in [0.15, 0.2) is 186 Å². The summed E-state index contributed by atoms with van der Waals surface area (Å²) in [6, 6.07) is 28.7. The van der Waals surface area contributed by atoms with Crippen molar-refractivity contribution in [3.05, 3.63) is 204 Å². The van der Waals surface area contributed by atoms with Crippen molar-refractivity contribution >= 4 is 57.6 Å². The number of hydrogen-bond acceptors (Lipinski definition) is 4. The molecule has 0 aliphatic rings. The van der Waals surface area contributed by atoms with E-state index >= 15 is 0 Å². The van der Waals surface area contributed by atoms with Gasteiger partial charge in [-0.3, -0.25) is 0 Å². The maximum atomic E-state index is 5.73. The zero-order valence-corrected chi connectivity index (χ0v) is 32.1. The lowest BCUT2D eigenvalue weighted by molar-refractivity contribution is 0.530. The quantitative estimate of drug-likeness (QED) is 0.0708. The molecule has 276 valence electrons. The first-order valence-electron chi connectivity index (χ1n) is 18.5. The highest BCUT2D eigenvalue weighted by molar-refractivity contribution is 6.05. The molecular weight excluding hydrogens is 673 g/mol. The molecule has 2 heterocycles. The fourth-order valence-corrected chi connectivity index (χ4v) is 6.22. The molecule has 3 N–H and O–H groups in total. The molecule has 0 saturated heterocycles. The standard InChI is InChI=1S/C39H41NO.C12H9NO/c1-7-10-12-14-18-30(4)24-25-32(9-3)34-26-27-39(40-6)38(28-34)37-22-16-15-19-33(37)21-17-23-36-31(5)41-29-35(36)20-13-11-8-2;13-8-5-6-12-10(7-8)9-3-1-2-4-11(9)14-12/h7-12,14-19,21-29,40H,1,4-5,13,20H2,2-3,6H3;1-7H,13H2/b11-8-,12-10-,18-14-,21-17-,25-24-,32-9+,36-23+;. The number of aryl methyl sites for hydroxylation is 1. The second-order valence-electron chi connectivity index (χ2n) is 12.8. The second-order valence-corrected chi connectivity index (χ2v) is 12.8. The lowest BCUT2D eigenvalue weighted by atomic mass is 9.93. The summed E-state index contributed by atoms with van der Waals surface area (Å²) in [5, 5.41) is 6.63. The van der Waals surface area contributed by atoms with Gasteiger partial charge in [0.25, 0.3) is 0 Å². The zero-order chi connectivity index (χ0) is 39.0. The predicted octanol–water partition coefficient (Wildman–Crippen LogP) is 12.4. The summed E-state index contributed by atoms with van der Waals surface area (Å²) in [4.78, 5) is 0. The molecule has 0 aliphatic heterocycles. The number of nitrogens with two attached hydrogens (primary N) is 1. The minimum atomic E-state index is 0.696. The van der Waals surface area contributed by atoms with Gasteiger partial charge in [-0.15, -0.1) is 0 Å². The van der Waals surface area contributed by atoms with Crippen LogP contribution in [0, 0.1) is 0 Å². The number of rotatable bonds is 13. The minimum absolute atomic E-state index is 0.696. The molecular formula is C51H50N2O2. The second kappa shape index (κ2) is 19.9. The van der Waals surface area contributed by atoms with Crippen LogP contribution in [0.2, 0.25) is 0 Å². The minimum Gasteiger partial charge on any atom is -0.465 e. The fourth-order valence-electron chi connectivity index (χ4n) is 6.22. The third kappa shape index (κ3) is 10.4. The molecule has 6 rings (SSSR count). The first-order valence-corrected chi connectivity index (χ1v) is 18.5. The fraction of sp³-hybridized carbons (Fsp3) is 0.0980. The van der Waals surface area contributed by atoms with Crippen molar-refractivity contribution in [1.29, 1.82) is 0 Å². The van der Waals surface area contributed by atoms with Crippen molar-refractivity contribution in [2.75, 3.05) is 18.1 Å². The highest BCUT2D eigenvalue weighted by Gasteiger charge is 2.10. The van der Waals surface area contributed by atoms with E-state index in [1.54, 1.807) is 6.08 Å². The highest BCUT2D eigenvalue weighted by Crippen LogP contribution is 2.34. The van der Waals surface area contributed by atoms with Crippen molar-refractivity contribution in [2.45, 2.75) is 26.7 Å². The predicted molar refractivity (Wildman–Crippen MR) is 240 cm³/mol. The molecule has 4 heteroatoms. The van der Waals surface area contributed by atoms with Crippen molar-refractivity contribution in [3.63, 3.8) is 0 Å². The summed E-state index contributed by atoms with van der Waals surface area (Å²) in [6.07, 6.45) is 30.1. The van der Waals surface area contributed by atoms with E-state index in [1.807, 2.05) is 93.1 Å². The van der Waals surface area contributed by atoms with E-state index in [0.717, 1.165) is 84.8 Å². The Labute approximate surface area is 325 Å². The Balaban J connectivity index is 0.000000340. The molecule has 0 amide bonds. The van der Waals surface area contributed by atoms with Gasteiger partial charge in [0.05, 0.1) is 6.26 Å². The Morgan fingerprint density at radius 1 is 0.818 bits per heavy atom. The summed E-state index contributed by atoms with van der Waals surface area (Å²) >= 11 is 0. The maximum absolute atomic E-state index is 5.73. The van der Waals surface area contributed by atoms with Crippen LogP contribution in [0.5, 0.6) is 0 Å². The molecule has 6 aromatic rings. The summed E-state index contributed by atoms with van der Waals surface area (Å²) in [5.74, 6) is 0. The first kappa shape index (κ1) is 39.4. The van der Waals surface area contributed by atoms with Crippen molar-refractivity contribution in [2.24, 2.45) is 0 Å². The Hall–Kier alpha value is -6.78. The Kier molecular flexibility index (Phi) is 14.3. The average molecular weight is 723 g/mol.